The molecule has 0 atom stereocenters. The van der Waals surface area contributed by atoms with Crippen LogP contribution in [0.5, 0.6) is 0 Å². The number of halogens is 1. The van der Waals surface area contributed by atoms with E-state index < -0.39 is 34.9 Å². The molecule has 1 rings (SSSR count). The molecular weight excluding hydrogens is 345 g/mol. The molecule has 0 fully saturated rings. The zero-order chi connectivity index (χ0) is 12.4. The van der Waals surface area contributed by atoms with Gasteiger partial charge in [-0.1, -0.05) is 0 Å². The van der Waals surface area contributed by atoms with Gasteiger partial charge in [0.05, 0.1) is 0 Å². The Balaban J connectivity index is 3.20. The van der Waals surface area contributed by atoms with Crippen LogP contribution in [0.15, 0.2) is 19.8 Å². The number of hydrogen-bond donors (Lipinski definition) is 3. The average molecular weight is 367 g/mol. The van der Waals surface area contributed by atoms with Gasteiger partial charge in [0, 0.05) is 0 Å². The molecule has 0 aromatic heterocycles. The van der Waals surface area contributed by atoms with Gasteiger partial charge >= 0.3 is 107 Å². The van der Waals surface area contributed by atoms with Gasteiger partial charge < -0.3 is 0 Å². The summed E-state index contributed by atoms with van der Waals surface area (Å²) in [5, 5.41) is 0. The van der Waals surface area contributed by atoms with Gasteiger partial charge in [-0.2, -0.15) is 0 Å². The molecule has 0 aliphatic heterocycles. The summed E-state index contributed by atoms with van der Waals surface area (Å²) in [6.45, 7) is 0. The van der Waals surface area contributed by atoms with Crippen molar-refractivity contribution in [3.63, 3.8) is 0 Å². The summed E-state index contributed by atoms with van der Waals surface area (Å²) in [6, 6.07) is 0. The van der Waals surface area contributed by atoms with Crippen molar-refractivity contribution in [3.05, 3.63) is 19.8 Å². The van der Waals surface area contributed by atoms with Crippen LogP contribution in [0.25, 0.3) is 0 Å². The second-order valence-electron chi connectivity index (χ2n) is 4.47. The van der Waals surface area contributed by atoms with E-state index in [1.807, 2.05) is 38.7 Å². The van der Waals surface area contributed by atoms with Gasteiger partial charge in [0.2, 0.25) is 0 Å². The summed E-state index contributed by atoms with van der Waals surface area (Å²) in [7, 11) is 5.89. The molecule has 0 aromatic rings. The molecule has 92 valence electrons. The fourth-order valence-electron chi connectivity index (χ4n) is 2.24. The number of nitrogens with one attached hydrogen (secondary N) is 3. The van der Waals surface area contributed by atoms with Gasteiger partial charge in [-0.3, -0.25) is 0 Å². The van der Waals surface area contributed by atoms with Crippen molar-refractivity contribution in [2.75, 3.05) is 21.1 Å². The van der Waals surface area contributed by atoms with Crippen molar-refractivity contribution in [3.8, 4) is 0 Å². The van der Waals surface area contributed by atoms with E-state index in [0.717, 1.165) is 10.8 Å². The van der Waals surface area contributed by atoms with Crippen molar-refractivity contribution in [2.24, 2.45) is 0 Å². The first-order valence-corrected chi connectivity index (χ1v) is 16.5. The molecule has 1 aliphatic rings. The van der Waals surface area contributed by atoms with Crippen LogP contribution in [0.4, 0.5) is 3.50 Å². The van der Waals surface area contributed by atoms with Crippen LogP contribution >= 0.6 is 0 Å². The molecule has 3 nitrogen and oxygen atoms in total. The van der Waals surface area contributed by atoms with Crippen molar-refractivity contribution in [2.45, 2.75) is 17.9 Å². The Bertz CT molecular complexity index is 310. The summed E-state index contributed by atoms with van der Waals surface area (Å²) < 4.78 is 26.9. The minimum atomic E-state index is -3.23. The molecule has 0 saturated carbocycles. The maximum absolute atomic E-state index is 14.3. The predicted molar refractivity (Wildman–Crippen MR) is 66.6 cm³/mol. The Morgan fingerprint density at radius 3 is 2.06 bits per heavy atom. The fraction of sp³-hybridized carbons (Fsp3) is 0.600. The van der Waals surface area contributed by atoms with E-state index in [9.17, 15) is 3.50 Å². The van der Waals surface area contributed by atoms with E-state index in [1.165, 1.54) is 3.28 Å². The van der Waals surface area contributed by atoms with E-state index in [0.29, 0.717) is 0 Å². The molecule has 0 aromatic carbocycles. The van der Waals surface area contributed by atoms with Crippen LogP contribution in [-0.4, -0.2) is 34.9 Å². The van der Waals surface area contributed by atoms with Crippen LogP contribution in [-0.2, 0) is 21.1 Å². The van der Waals surface area contributed by atoms with Gasteiger partial charge in [-0.05, 0) is 0 Å². The third-order valence-electron chi connectivity index (χ3n) is 3.15. The van der Waals surface area contributed by atoms with E-state index >= 15 is 0 Å². The topological polar surface area (TPSA) is 36.1 Å². The normalized spacial score (nSPS) is 17.4. The van der Waals surface area contributed by atoms with Gasteiger partial charge in [-0.15, -0.1) is 0 Å². The van der Waals surface area contributed by atoms with Crippen molar-refractivity contribution in [1.82, 2.24) is 9.78 Å². The second kappa shape index (κ2) is 5.57. The molecule has 0 spiro atoms. The number of allylic oxidation sites excluding steroid dienone is 4. The van der Waals surface area contributed by atoms with Gasteiger partial charge in [0.25, 0.3) is 0 Å². The zero-order valence-corrected chi connectivity index (χ0v) is 15.3. The molecule has 1 aliphatic carbocycles. The van der Waals surface area contributed by atoms with E-state index in [2.05, 4.69) is 15.9 Å². The first-order valence-electron chi connectivity index (χ1n) is 5.57. The number of hydrogen-bond acceptors (Lipinski definition) is 3. The zero-order valence-electron chi connectivity index (χ0n) is 10.7. The third-order valence-corrected chi connectivity index (χ3v) is 17.0. The van der Waals surface area contributed by atoms with Gasteiger partial charge in [-0.25, -0.2) is 0 Å². The molecule has 0 unspecified atom stereocenters. The molecule has 0 saturated heterocycles. The van der Waals surface area contributed by atoms with E-state index in [-0.39, 0.29) is 0 Å². The Labute approximate surface area is 106 Å². The predicted octanol–water partition coefficient (Wildman–Crippen LogP) is 1.47. The van der Waals surface area contributed by atoms with Crippen molar-refractivity contribution in [1.29, 1.82) is 0 Å². The molecular formula is C10H22FGeN3Zr. The van der Waals surface area contributed by atoms with Crippen molar-refractivity contribution >= 4 is 13.7 Å². The van der Waals surface area contributed by atoms with E-state index in [1.54, 1.807) is 0 Å². The Hall–Kier alpha value is 0.716. The van der Waals surface area contributed by atoms with E-state index in [4.69, 9.17) is 0 Å². The average Bonchev–Trinajstić information content (AvgIpc) is 2.70. The van der Waals surface area contributed by atoms with Gasteiger partial charge in [0.1, 0.15) is 0 Å². The molecule has 16 heavy (non-hydrogen) atoms. The van der Waals surface area contributed by atoms with Crippen LogP contribution < -0.4 is 9.78 Å². The summed E-state index contributed by atoms with van der Waals surface area (Å²) in [5.74, 6) is 3.62. The van der Waals surface area contributed by atoms with Crippen molar-refractivity contribution < 1.29 is 24.6 Å². The Kier molecular flexibility index (Phi) is 5.15. The first kappa shape index (κ1) is 14.8. The quantitative estimate of drug-likeness (QED) is 0.645. The van der Waals surface area contributed by atoms with Gasteiger partial charge in [0.15, 0.2) is 0 Å². The minimum absolute atomic E-state index is 0.895. The second-order valence-corrected chi connectivity index (χ2v) is 20.6. The monoisotopic (exact) mass is 367 g/mol. The van der Waals surface area contributed by atoms with Crippen LogP contribution in [0, 0.1) is 0 Å². The third kappa shape index (κ3) is 2.75. The molecule has 3 N–H and O–H groups in total. The Morgan fingerprint density at radius 1 is 1.19 bits per heavy atom. The molecule has 0 bridgehead atoms. The van der Waals surface area contributed by atoms with Crippen LogP contribution in [0.3, 0.4) is 0 Å². The maximum atomic E-state index is 14.3. The standard InChI is InChI=1S/C7H10FGe.3CH4N.Zr/c1-9(2,8)7-5-3-4-6-7;3*1-2;/h3,5H,4H2,1-2H3;3*2H,1H3;/q;3*-1;+3. The summed E-state index contributed by atoms with van der Waals surface area (Å²) in [5.41, 5.74) is 0. The Morgan fingerprint density at radius 2 is 1.69 bits per heavy atom. The molecule has 6 heteroatoms. The number of rotatable bonds is 5. The SMILES string of the molecule is C[NH][Zr]([NH]C)([NH]C)[C]1=[C]([Ge]([CH3])([CH3])[F])C=CC1. The fourth-order valence-corrected chi connectivity index (χ4v) is 17.5. The van der Waals surface area contributed by atoms with Crippen LogP contribution in [0.1, 0.15) is 6.42 Å². The first-order chi connectivity index (χ1) is 7.41. The molecule has 0 radical (unpaired) electrons. The molecule has 0 amide bonds. The summed E-state index contributed by atoms with van der Waals surface area (Å²) in [6.07, 6.45) is 4.99. The summed E-state index contributed by atoms with van der Waals surface area (Å²) in [4.78, 5) is 0. The van der Waals surface area contributed by atoms with Crippen LogP contribution in [0.2, 0.25) is 11.5 Å². The molecule has 0 heterocycles. The summed E-state index contributed by atoms with van der Waals surface area (Å²) >= 11 is -6.13.